The van der Waals surface area contributed by atoms with Crippen LogP contribution in [0.15, 0.2) is 164 Å². The van der Waals surface area contributed by atoms with Crippen LogP contribution in [0.1, 0.15) is 116 Å². The molecular weight excluding hydrogens is 927 g/mol. The molecule has 374 valence electrons. The lowest BCUT2D eigenvalue weighted by molar-refractivity contribution is 0.590. The molecule has 0 radical (unpaired) electrons. The van der Waals surface area contributed by atoms with E-state index >= 15 is 0 Å². The highest BCUT2D eigenvalue weighted by Gasteiger charge is 2.27. The monoisotopic (exact) mass is 990 g/mol. The standard InChI is InChI=1S/C69H63N7/c1-66(2,3)47-24-30-57-51(36-47)52-37-48(67(4,5)6)25-31-58(52)75(57)61-28-20-43(41-71)34-55(61)64-72-63(45-16-14-13-15-17-45)73-65(74-64)56-35-46(44-21-18-42(40-70)19-22-44)23-29-62(56)76-59-32-26-49(68(7,8)9)38-53(59)54-39-50(69(10,11)12)27-33-60(54)76/h13-39H,1-12H3. The normalized spacial score (nSPS) is 12.4. The third-order valence-electron chi connectivity index (χ3n) is 15.1. The van der Waals surface area contributed by atoms with Gasteiger partial charge in [-0.3, -0.25) is 0 Å². The van der Waals surface area contributed by atoms with Crippen molar-refractivity contribution in [1.82, 2.24) is 24.1 Å². The van der Waals surface area contributed by atoms with Crippen molar-refractivity contribution >= 4 is 43.6 Å². The molecule has 0 unspecified atom stereocenters. The maximum absolute atomic E-state index is 10.6. The van der Waals surface area contributed by atoms with Crippen molar-refractivity contribution in [3.63, 3.8) is 0 Å². The van der Waals surface area contributed by atoms with E-state index in [1.165, 1.54) is 33.0 Å². The van der Waals surface area contributed by atoms with Gasteiger partial charge in [-0.1, -0.05) is 156 Å². The van der Waals surface area contributed by atoms with Crippen LogP contribution in [0.3, 0.4) is 0 Å². The Bertz CT molecular complexity index is 4060. The Hall–Kier alpha value is -8.65. The molecule has 0 amide bonds. The van der Waals surface area contributed by atoms with Gasteiger partial charge in [-0.05, 0) is 146 Å². The molecule has 3 aromatic heterocycles. The Morgan fingerprint density at radius 2 is 0.684 bits per heavy atom. The first-order valence-corrected chi connectivity index (χ1v) is 26.3. The molecule has 0 aliphatic heterocycles. The van der Waals surface area contributed by atoms with Gasteiger partial charge in [-0.2, -0.15) is 10.5 Å². The largest absolute Gasteiger partial charge is 0.309 e. The summed E-state index contributed by atoms with van der Waals surface area (Å²) in [6.45, 7) is 27.1. The lowest BCUT2D eigenvalue weighted by atomic mass is 9.85. The van der Waals surface area contributed by atoms with Crippen molar-refractivity contribution < 1.29 is 0 Å². The fraction of sp³-hybridized carbons (Fsp3) is 0.232. The van der Waals surface area contributed by atoms with Crippen LogP contribution < -0.4 is 0 Å². The molecule has 0 spiro atoms. The minimum atomic E-state index is -0.0705. The smallest absolute Gasteiger partial charge is 0.166 e. The van der Waals surface area contributed by atoms with Crippen molar-refractivity contribution in [1.29, 1.82) is 10.5 Å². The van der Waals surface area contributed by atoms with E-state index in [0.717, 1.165) is 66.5 Å². The fourth-order valence-corrected chi connectivity index (χ4v) is 10.6. The molecule has 7 nitrogen and oxygen atoms in total. The van der Waals surface area contributed by atoms with E-state index < -0.39 is 0 Å². The number of hydrogen-bond donors (Lipinski definition) is 0. The summed E-state index contributed by atoms with van der Waals surface area (Å²) in [4.78, 5) is 16.4. The first-order valence-electron chi connectivity index (χ1n) is 26.3. The molecular formula is C69H63N7. The van der Waals surface area contributed by atoms with E-state index in [4.69, 9.17) is 15.0 Å². The van der Waals surface area contributed by atoms with E-state index in [0.29, 0.717) is 34.2 Å². The molecule has 11 aromatic rings. The van der Waals surface area contributed by atoms with Crippen molar-refractivity contribution in [2.75, 3.05) is 0 Å². The van der Waals surface area contributed by atoms with Gasteiger partial charge in [0.2, 0.25) is 0 Å². The lowest BCUT2D eigenvalue weighted by Crippen LogP contribution is -2.10. The second-order valence-electron chi connectivity index (χ2n) is 24.5. The topological polar surface area (TPSA) is 96.1 Å². The van der Waals surface area contributed by atoms with Gasteiger partial charge in [0.05, 0.1) is 56.7 Å². The number of benzene rings is 8. The van der Waals surface area contributed by atoms with Crippen LogP contribution >= 0.6 is 0 Å². The Kier molecular flexibility index (Phi) is 11.8. The molecule has 11 rings (SSSR count). The lowest BCUT2D eigenvalue weighted by Gasteiger charge is -2.20. The van der Waals surface area contributed by atoms with E-state index in [9.17, 15) is 10.5 Å². The van der Waals surface area contributed by atoms with E-state index in [2.05, 4.69) is 195 Å². The van der Waals surface area contributed by atoms with Gasteiger partial charge in [0.25, 0.3) is 0 Å². The minimum absolute atomic E-state index is 0.0703. The molecule has 7 heteroatoms. The highest BCUT2D eigenvalue weighted by atomic mass is 15.1. The minimum Gasteiger partial charge on any atom is -0.309 e. The van der Waals surface area contributed by atoms with Crippen molar-refractivity contribution in [3.05, 3.63) is 197 Å². The summed E-state index contributed by atoms with van der Waals surface area (Å²) in [6, 6.07) is 62.3. The molecule has 0 saturated carbocycles. The number of hydrogen-bond acceptors (Lipinski definition) is 5. The first-order chi connectivity index (χ1) is 36.1. The Morgan fingerprint density at radius 3 is 1.08 bits per heavy atom. The van der Waals surface area contributed by atoms with Crippen LogP contribution in [-0.2, 0) is 21.7 Å². The number of aromatic nitrogens is 5. The molecule has 0 aliphatic carbocycles. The number of nitriles is 2. The number of nitrogens with zero attached hydrogens (tertiary/aromatic N) is 7. The summed E-state index contributed by atoms with van der Waals surface area (Å²) in [5.41, 5.74) is 16.0. The molecule has 76 heavy (non-hydrogen) atoms. The van der Waals surface area contributed by atoms with Crippen molar-refractivity contribution in [3.8, 4) is 68.8 Å². The molecule has 8 aromatic carbocycles. The molecule has 0 atom stereocenters. The fourth-order valence-electron chi connectivity index (χ4n) is 10.6. The van der Waals surface area contributed by atoms with Crippen LogP contribution in [-0.4, -0.2) is 24.1 Å². The van der Waals surface area contributed by atoms with Gasteiger partial charge in [0, 0.05) is 38.2 Å². The van der Waals surface area contributed by atoms with Gasteiger partial charge < -0.3 is 9.13 Å². The van der Waals surface area contributed by atoms with Crippen LogP contribution in [0, 0.1) is 22.7 Å². The van der Waals surface area contributed by atoms with Gasteiger partial charge >= 0.3 is 0 Å². The van der Waals surface area contributed by atoms with Crippen LogP contribution in [0.25, 0.3) is 100 Å². The summed E-state index contributed by atoms with van der Waals surface area (Å²) >= 11 is 0. The summed E-state index contributed by atoms with van der Waals surface area (Å²) < 4.78 is 4.68. The zero-order valence-electron chi connectivity index (χ0n) is 45.7. The average molecular weight is 990 g/mol. The van der Waals surface area contributed by atoms with Gasteiger partial charge in [-0.25, -0.2) is 15.0 Å². The SMILES string of the molecule is CC(C)(C)c1ccc2c(c1)c1cc(C(C)(C)C)ccc1n2-c1ccc(C#N)cc1-c1nc(-c2ccccc2)nc(-c2cc(-c3ccc(C#N)cc3)ccc2-n2c3ccc(C(C)(C)C)cc3c3cc(C(C)(C)C)ccc32)n1. The van der Waals surface area contributed by atoms with Crippen molar-refractivity contribution in [2.24, 2.45) is 0 Å². The third-order valence-corrected chi connectivity index (χ3v) is 15.1. The van der Waals surface area contributed by atoms with Crippen LogP contribution in [0.4, 0.5) is 0 Å². The zero-order chi connectivity index (χ0) is 53.6. The molecule has 0 fully saturated rings. The second kappa shape index (κ2) is 18.0. The van der Waals surface area contributed by atoms with Gasteiger partial charge in [0.15, 0.2) is 17.5 Å². The summed E-state index contributed by atoms with van der Waals surface area (Å²) in [6.07, 6.45) is 0. The van der Waals surface area contributed by atoms with Crippen LogP contribution in [0.5, 0.6) is 0 Å². The predicted molar refractivity (Wildman–Crippen MR) is 314 cm³/mol. The molecule has 0 bridgehead atoms. The van der Waals surface area contributed by atoms with E-state index in [1.807, 2.05) is 72.8 Å². The maximum atomic E-state index is 10.6. The molecule has 0 N–H and O–H groups in total. The zero-order valence-corrected chi connectivity index (χ0v) is 45.7. The Balaban J connectivity index is 1.24. The Morgan fingerprint density at radius 1 is 0.329 bits per heavy atom. The quantitative estimate of drug-likeness (QED) is 0.165. The van der Waals surface area contributed by atoms with Gasteiger partial charge in [0.1, 0.15) is 0 Å². The summed E-state index contributed by atoms with van der Waals surface area (Å²) in [5, 5.41) is 25.1. The summed E-state index contributed by atoms with van der Waals surface area (Å²) in [7, 11) is 0. The maximum Gasteiger partial charge on any atom is 0.166 e. The second-order valence-corrected chi connectivity index (χ2v) is 24.5. The van der Waals surface area contributed by atoms with E-state index in [1.54, 1.807) is 0 Å². The molecule has 0 saturated heterocycles. The summed E-state index contributed by atoms with van der Waals surface area (Å²) in [5.74, 6) is 1.41. The predicted octanol–water partition coefficient (Wildman–Crippen LogP) is 17.7. The Labute approximate surface area is 446 Å². The molecule has 0 aliphatic rings. The van der Waals surface area contributed by atoms with Gasteiger partial charge in [-0.15, -0.1) is 0 Å². The van der Waals surface area contributed by atoms with Crippen LogP contribution in [0.2, 0.25) is 0 Å². The molecule has 3 heterocycles. The van der Waals surface area contributed by atoms with Crippen molar-refractivity contribution in [2.45, 2.75) is 105 Å². The first kappa shape index (κ1) is 49.6. The van der Waals surface area contributed by atoms with E-state index in [-0.39, 0.29) is 21.7 Å². The number of rotatable bonds is 6. The number of fused-ring (bicyclic) bond motifs is 6. The highest BCUT2D eigenvalue weighted by Crippen LogP contribution is 2.43. The highest BCUT2D eigenvalue weighted by molar-refractivity contribution is 6.11. The average Bonchev–Trinajstić information content (AvgIpc) is 3.99. The third kappa shape index (κ3) is 8.80.